The molecular formula is C18H27ClFN3O2. The van der Waals surface area contributed by atoms with Gasteiger partial charge in [-0.1, -0.05) is 19.1 Å². The second-order valence-corrected chi connectivity index (χ2v) is 6.27. The number of ketones is 1. The van der Waals surface area contributed by atoms with Crippen molar-refractivity contribution in [3.63, 3.8) is 0 Å². The number of hydrogen-bond donors (Lipinski definition) is 2. The molecule has 140 valence electrons. The van der Waals surface area contributed by atoms with Crippen molar-refractivity contribution in [2.45, 2.75) is 19.8 Å². The van der Waals surface area contributed by atoms with Crippen molar-refractivity contribution in [1.82, 2.24) is 15.5 Å². The van der Waals surface area contributed by atoms with Crippen LogP contribution in [0.1, 0.15) is 30.1 Å². The maximum absolute atomic E-state index is 13.2. The molecule has 0 aromatic heterocycles. The van der Waals surface area contributed by atoms with Crippen LogP contribution in [-0.4, -0.2) is 55.9 Å². The van der Waals surface area contributed by atoms with E-state index in [9.17, 15) is 14.0 Å². The van der Waals surface area contributed by atoms with Crippen LogP contribution in [0.5, 0.6) is 0 Å². The van der Waals surface area contributed by atoms with Crippen molar-refractivity contribution >= 4 is 24.1 Å². The molecule has 2 N–H and O–H groups in total. The minimum absolute atomic E-state index is 0. The molecule has 1 aromatic carbocycles. The van der Waals surface area contributed by atoms with E-state index in [4.69, 9.17) is 0 Å². The molecule has 0 radical (unpaired) electrons. The average molecular weight is 372 g/mol. The largest absolute Gasteiger partial charge is 0.356 e. The first-order valence-corrected chi connectivity index (χ1v) is 8.56. The first-order chi connectivity index (χ1) is 11.6. The van der Waals surface area contributed by atoms with Crippen LogP contribution in [0.15, 0.2) is 24.3 Å². The Kier molecular flexibility index (Phi) is 9.63. The van der Waals surface area contributed by atoms with Crippen molar-refractivity contribution in [1.29, 1.82) is 0 Å². The molecule has 1 heterocycles. The number of benzene rings is 1. The second kappa shape index (κ2) is 11.2. The van der Waals surface area contributed by atoms with Gasteiger partial charge in [-0.25, -0.2) is 4.39 Å². The van der Waals surface area contributed by atoms with Gasteiger partial charge in [0.25, 0.3) is 0 Å². The van der Waals surface area contributed by atoms with Gasteiger partial charge in [-0.2, -0.15) is 0 Å². The van der Waals surface area contributed by atoms with Crippen LogP contribution in [0.3, 0.4) is 0 Å². The molecule has 0 bridgehead atoms. The fraction of sp³-hybridized carbons (Fsp3) is 0.556. The quantitative estimate of drug-likeness (QED) is 0.541. The summed E-state index contributed by atoms with van der Waals surface area (Å²) < 4.78 is 13.2. The van der Waals surface area contributed by atoms with E-state index in [1.165, 1.54) is 18.2 Å². The third-order valence-electron chi connectivity index (χ3n) is 4.23. The highest BCUT2D eigenvalue weighted by molar-refractivity contribution is 5.99. The molecule has 1 unspecified atom stereocenters. The van der Waals surface area contributed by atoms with Gasteiger partial charge in [0.05, 0.1) is 0 Å². The maximum Gasteiger partial charge on any atom is 0.220 e. The van der Waals surface area contributed by atoms with Crippen LogP contribution in [0, 0.1) is 11.7 Å². The SMILES string of the molecule is CC(CC(=O)NCCCN1CCNCC1)C(=O)c1cccc(F)c1.Cl. The van der Waals surface area contributed by atoms with Crippen LogP contribution in [-0.2, 0) is 4.79 Å². The highest BCUT2D eigenvalue weighted by atomic mass is 35.5. The Morgan fingerprint density at radius 1 is 1.32 bits per heavy atom. The Hall–Kier alpha value is -1.50. The predicted molar refractivity (Wildman–Crippen MR) is 98.7 cm³/mol. The predicted octanol–water partition coefficient (Wildman–Crippen LogP) is 1.87. The summed E-state index contributed by atoms with van der Waals surface area (Å²) in [5, 5.41) is 6.17. The second-order valence-electron chi connectivity index (χ2n) is 6.27. The van der Waals surface area contributed by atoms with Crippen LogP contribution in [0.25, 0.3) is 0 Å². The number of halogens is 2. The first-order valence-electron chi connectivity index (χ1n) is 8.56. The Morgan fingerprint density at radius 3 is 2.72 bits per heavy atom. The summed E-state index contributed by atoms with van der Waals surface area (Å²) in [6, 6.07) is 5.59. The molecule has 1 atom stereocenters. The zero-order valence-corrected chi connectivity index (χ0v) is 15.4. The van der Waals surface area contributed by atoms with E-state index in [1.54, 1.807) is 13.0 Å². The van der Waals surface area contributed by atoms with Gasteiger partial charge < -0.3 is 15.5 Å². The van der Waals surface area contributed by atoms with E-state index in [0.29, 0.717) is 12.1 Å². The van der Waals surface area contributed by atoms with E-state index in [-0.39, 0.29) is 30.5 Å². The molecule has 1 aliphatic rings. The molecule has 1 saturated heterocycles. The molecule has 5 nitrogen and oxygen atoms in total. The van der Waals surface area contributed by atoms with Crippen LogP contribution in [0.4, 0.5) is 4.39 Å². The highest BCUT2D eigenvalue weighted by Crippen LogP contribution is 2.13. The molecule has 25 heavy (non-hydrogen) atoms. The van der Waals surface area contributed by atoms with Crippen molar-refractivity contribution in [3.8, 4) is 0 Å². The van der Waals surface area contributed by atoms with Gasteiger partial charge >= 0.3 is 0 Å². The number of nitrogens with zero attached hydrogens (tertiary/aromatic N) is 1. The van der Waals surface area contributed by atoms with E-state index in [0.717, 1.165) is 39.1 Å². The molecule has 0 spiro atoms. The van der Waals surface area contributed by atoms with E-state index in [2.05, 4.69) is 15.5 Å². The number of carbonyl (C=O) groups excluding carboxylic acids is 2. The third kappa shape index (κ3) is 7.50. The lowest BCUT2D eigenvalue weighted by molar-refractivity contribution is -0.121. The summed E-state index contributed by atoms with van der Waals surface area (Å²) in [7, 11) is 0. The highest BCUT2D eigenvalue weighted by Gasteiger charge is 2.19. The molecule has 1 aliphatic heterocycles. The molecule has 7 heteroatoms. The zero-order chi connectivity index (χ0) is 17.4. The molecule has 1 aromatic rings. The van der Waals surface area contributed by atoms with Gasteiger partial charge in [-0.15, -0.1) is 12.4 Å². The van der Waals surface area contributed by atoms with Gasteiger partial charge in [0.1, 0.15) is 5.82 Å². The molecule has 0 saturated carbocycles. The fourth-order valence-corrected chi connectivity index (χ4v) is 2.83. The molecular weight excluding hydrogens is 345 g/mol. The van der Waals surface area contributed by atoms with Crippen LogP contribution in [0.2, 0.25) is 0 Å². The Morgan fingerprint density at radius 2 is 2.04 bits per heavy atom. The van der Waals surface area contributed by atoms with Crippen LogP contribution < -0.4 is 10.6 Å². The lowest BCUT2D eigenvalue weighted by Gasteiger charge is -2.27. The smallest absolute Gasteiger partial charge is 0.220 e. The number of hydrogen-bond acceptors (Lipinski definition) is 4. The average Bonchev–Trinajstić information content (AvgIpc) is 2.59. The van der Waals surface area contributed by atoms with Crippen molar-refractivity contribution in [2.75, 3.05) is 39.3 Å². The van der Waals surface area contributed by atoms with Crippen molar-refractivity contribution < 1.29 is 14.0 Å². The molecule has 2 rings (SSSR count). The monoisotopic (exact) mass is 371 g/mol. The number of rotatable bonds is 8. The fourth-order valence-electron chi connectivity index (χ4n) is 2.83. The van der Waals surface area contributed by atoms with Gasteiger partial charge in [-0.05, 0) is 25.1 Å². The molecule has 1 amide bonds. The standard InChI is InChI=1S/C18H26FN3O2.ClH/c1-14(18(24)15-4-2-5-16(19)13-15)12-17(23)21-6-3-9-22-10-7-20-8-11-22;/h2,4-5,13-14,20H,3,6-12H2,1H3,(H,21,23);1H. The number of piperazine rings is 1. The Labute approximate surface area is 154 Å². The van der Waals surface area contributed by atoms with Gasteiger partial charge in [0.2, 0.25) is 5.91 Å². The summed E-state index contributed by atoms with van der Waals surface area (Å²) in [4.78, 5) is 26.5. The van der Waals surface area contributed by atoms with Gasteiger partial charge in [-0.3, -0.25) is 9.59 Å². The van der Waals surface area contributed by atoms with Gasteiger partial charge in [0.15, 0.2) is 5.78 Å². The van der Waals surface area contributed by atoms with Crippen molar-refractivity contribution in [3.05, 3.63) is 35.6 Å². The zero-order valence-electron chi connectivity index (χ0n) is 14.6. The van der Waals surface area contributed by atoms with E-state index >= 15 is 0 Å². The summed E-state index contributed by atoms with van der Waals surface area (Å²) in [6.45, 7) is 7.43. The molecule has 1 fully saturated rings. The maximum atomic E-state index is 13.2. The normalized spacial score (nSPS) is 15.9. The summed E-state index contributed by atoms with van der Waals surface area (Å²) >= 11 is 0. The minimum Gasteiger partial charge on any atom is -0.356 e. The van der Waals surface area contributed by atoms with Crippen molar-refractivity contribution in [2.24, 2.45) is 5.92 Å². The number of amides is 1. The van der Waals surface area contributed by atoms with Gasteiger partial charge in [0, 0.05) is 50.6 Å². The lowest BCUT2D eigenvalue weighted by atomic mass is 9.96. The number of carbonyl (C=O) groups is 2. The van der Waals surface area contributed by atoms with E-state index < -0.39 is 11.7 Å². The van der Waals surface area contributed by atoms with Crippen LogP contribution >= 0.6 is 12.4 Å². The Balaban J connectivity index is 0.00000312. The topological polar surface area (TPSA) is 61.4 Å². The summed E-state index contributed by atoms with van der Waals surface area (Å²) in [5.74, 6) is -1.23. The Bertz CT molecular complexity index is 565. The lowest BCUT2D eigenvalue weighted by Crippen LogP contribution is -2.44. The minimum atomic E-state index is -0.458. The number of nitrogens with one attached hydrogen (secondary N) is 2. The summed E-state index contributed by atoms with van der Waals surface area (Å²) in [5.41, 5.74) is 0.314. The van der Waals surface area contributed by atoms with E-state index in [1.807, 2.05) is 0 Å². The number of Topliss-reactive ketones (excluding diaryl/α,β-unsaturated/α-hetero) is 1. The third-order valence-corrected chi connectivity index (χ3v) is 4.23. The summed E-state index contributed by atoms with van der Waals surface area (Å²) in [6.07, 6.45) is 1.03. The molecule has 0 aliphatic carbocycles. The first kappa shape index (κ1) is 21.5.